The van der Waals surface area contributed by atoms with E-state index in [-0.39, 0.29) is 0 Å². The highest BCUT2D eigenvalue weighted by Crippen LogP contribution is 2.29. The molecule has 5 heteroatoms. The lowest BCUT2D eigenvalue weighted by Gasteiger charge is -2.07. The summed E-state index contributed by atoms with van der Waals surface area (Å²) in [6.45, 7) is 1.99. The normalized spacial score (nSPS) is 12.0. The zero-order chi connectivity index (χ0) is 15.0. The van der Waals surface area contributed by atoms with Gasteiger partial charge in [0.2, 0.25) is 0 Å². The van der Waals surface area contributed by atoms with E-state index in [1.54, 1.807) is 6.20 Å². The minimum atomic E-state index is -4.30. The molecule has 1 aromatic carbocycles. The Labute approximate surface area is 119 Å². The van der Waals surface area contributed by atoms with Crippen molar-refractivity contribution in [3.63, 3.8) is 0 Å². The third kappa shape index (κ3) is 2.77. The van der Waals surface area contributed by atoms with Crippen molar-refractivity contribution in [2.24, 2.45) is 0 Å². The van der Waals surface area contributed by atoms with Crippen LogP contribution in [-0.4, -0.2) is 9.38 Å². The number of imidazole rings is 1. The summed E-state index contributed by atoms with van der Waals surface area (Å²) in [7, 11) is 0. The first-order valence-electron chi connectivity index (χ1n) is 6.52. The lowest BCUT2D eigenvalue weighted by atomic mass is 10.1. The number of alkyl halides is 3. The van der Waals surface area contributed by atoms with Crippen molar-refractivity contribution in [3.8, 4) is 0 Å². The molecular formula is C16H13F3N2. The number of nitrogens with zero attached hydrogens (tertiary/aromatic N) is 2. The van der Waals surface area contributed by atoms with E-state index in [1.165, 1.54) is 12.1 Å². The summed E-state index contributed by atoms with van der Waals surface area (Å²) in [4.78, 5) is 4.34. The Bertz CT molecular complexity index is 770. The minimum Gasteiger partial charge on any atom is -0.303 e. The van der Waals surface area contributed by atoms with Gasteiger partial charge < -0.3 is 4.40 Å². The van der Waals surface area contributed by atoms with Crippen molar-refractivity contribution in [2.75, 3.05) is 0 Å². The van der Waals surface area contributed by atoms with Crippen molar-refractivity contribution >= 4 is 5.52 Å². The van der Waals surface area contributed by atoms with Crippen molar-refractivity contribution in [2.45, 2.75) is 19.5 Å². The molecule has 0 bridgehead atoms. The average Bonchev–Trinajstić information content (AvgIpc) is 2.81. The number of benzene rings is 1. The molecule has 2 nitrogen and oxygen atoms in total. The van der Waals surface area contributed by atoms with Crippen LogP contribution in [0.1, 0.15) is 22.5 Å². The molecule has 108 valence electrons. The van der Waals surface area contributed by atoms with E-state index in [9.17, 15) is 13.2 Å². The van der Waals surface area contributed by atoms with Crippen LogP contribution < -0.4 is 0 Å². The van der Waals surface area contributed by atoms with Crippen LogP contribution in [0.4, 0.5) is 13.2 Å². The molecule has 0 radical (unpaired) electrons. The number of fused-ring (bicyclic) bond motifs is 1. The molecule has 0 atom stereocenters. The molecule has 0 aliphatic heterocycles. The van der Waals surface area contributed by atoms with Gasteiger partial charge in [0.15, 0.2) is 0 Å². The molecule has 0 fully saturated rings. The van der Waals surface area contributed by atoms with E-state index in [0.29, 0.717) is 6.42 Å². The minimum absolute atomic E-state index is 0.496. The quantitative estimate of drug-likeness (QED) is 0.689. The highest BCUT2D eigenvalue weighted by molar-refractivity contribution is 5.47. The second-order valence-corrected chi connectivity index (χ2v) is 5.05. The number of rotatable bonds is 2. The van der Waals surface area contributed by atoms with Crippen LogP contribution in [0.3, 0.4) is 0 Å². The number of aryl methyl sites for hydroxylation is 1. The first-order chi connectivity index (χ1) is 9.93. The Balaban J connectivity index is 1.90. The van der Waals surface area contributed by atoms with Crippen molar-refractivity contribution in [1.82, 2.24) is 9.38 Å². The van der Waals surface area contributed by atoms with Crippen molar-refractivity contribution in [1.29, 1.82) is 0 Å². The fourth-order valence-corrected chi connectivity index (χ4v) is 2.27. The number of hydrogen-bond acceptors (Lipinski definition) is 1. The molecule has 0 aliphatic rings. The summed E-state index contributed by atoms with van der Waals surface area (Å²) in [5, 5.41) is 0. The molecule has 0 saturated heterocycles. The molecule has 2 heterocycles. The van der Waals surface area contributed by atoms with E-state index in [4.69, 9.17) is 0 Å². The summed E-state index contributed by atoms with van der Waals surface area (Å²) in [5.74, 6) is 0.813. The molecule has 21 heavy (non-hydrogen) atoms. The Morgan fingerprint density at radius 1 is 1.05 bits per heavy atom. The van der Waals surface area contributed by atoms with Crippen LogP contribution >= 0.6 is 0 Å². The molecule has 3 aromatic rings. The monoisotopic (exact) mass is 290 g/mol. The Hall–Kier alpha value is -2.30. The molecule has 0 spiro atoms. The third-order valence-corrected chi connectivity index (χ3v) is 3.40. The van der Waals surface area contributed by atoms with Crippen LogP contribution in [-0.2, 0) is 12.6 Å². The van der Waals surface area contributed by atoms with Gasteiger partial charge in [-0.1, -0.05) is 18.2 Å². The number of hydrogen-bond donors (Lipinski definition) is 0. The van der Waals surface area contributed by atoms with E-state index < -0.39 is 11.7 Å². The van der Waals surface area contributed by atoms with E-state index in [1.807, 2.05) is 29.7 Å². The van der Waals surface area contributed by atoms with Crippen LogP contribution in [0.15, 0.2) is 48.8 Å². The van der Waals surface area contributed by atoms with Crippen LogP contribution in [0, 0.1) is 6.92 Å². The van der Waals surface area contributed by atoms with Gasteiger partial charge in [-0.2, -0.15) is 13.2 Å². The lowest BCUT2D eigenvalue weighted by Crippen LogP contribution is -2.05. The lowest BCUT2D eigenvalue weighted by molar-refractivity contribution is -0.137. The van der Waals surface area contributed by atoms with Gasteiger partial charge in [0.1, 0.15) is 5.82 Å². The fourth-order valence-electron chi connectivity index (χ4n) is 2.27. The molecule has 2 aromatic heterocycles. The Kier molecular flexibility index (Phi) is 3.20. The maximum Gasteiger partial charge on any atom is 0.416 e. The largest absolute Gasteiger partial charge is 0.416 e. The van der Waals surface area contributed by atoms with Gasteiger partial charge in [-0.15, -0.1) is 0 Å². The molecule has 0 amide bonds. The first kappa shape index (κ1) is 13.7. The van der Waals surface area contributed by atoms with Crippen LogP contribution in [0.2, 0.25) is 0 Å². The van der Waals surface area contributed by atoms with Gasteiger partial charge >= 0.3 is 6.18 Å². The smallest absolute Gasteiger partial charge is 0.303 e. The van der Waals surface area contributed by atoms with Gasteiger partial charge in [-0.3, -0.25) is 0 Å². The first-order valence-corrected chi connectivity index (χ1v) is 6.52. The predicted molar refractivity (Wildman–Crippen MR) is 74.2 cm³/mol. The second kappa shape index (κ2) is 4.91. The number of aromatic nitrogens is 2. The topological polar surface area (TPSA) is 17.3 Å². The highest BCUT2D eigenvalue weighted by atomic mass is 19.4. The highest BCUT2D eigenvalue weighted by Gasteiger charge is 2.29. The van der Waals surface area contributed by atoms with Crippen LogP contribution in [0.5, 0.6) is 0 Å². The van der Waals surface area contributed by atoms with E-state index in [2.05, 4.69) is 4.98 Å². The molecular weight excluding hydrogens is 277 g/mol. The molecule has 0 saturated carbocycles. The van der Waals surface area contributed by atoms with E-state index in [0.717, 1.165) is 34.6 Å². The predicted octanol–water partition coefficient (Wildman–Crippen LogP) is 4.25. The average molecular weight is 290 g/mol. The fraction of sp³-hybridized carbons (Fsp3) is 0.188. The molecule has 3 rings (SSSR count). The molecule has 0 aliphatic carbocycles. The molecule has 0 unspecified atom stereocenters. The van der Waals surface area contributed by atoms with Gasteiger partial charge in [0.05, 0.1) is 17.3 Å². The molecule has 0 N–H and O–H groups in total. The standard InChI is InChI=1S/C16H13F3N2/c1-11-2-7-14-9-20-15(21(14)10-11)8-12-3-5-13(6-4-12)16(17,18)19/h2-7,9-10H,8H2,1H3. The zero-order valence-electron chi connectivity index (χ0n) is 11.4. The summed E-state index contributed by atoms with van der Waals surface area (Å²) < 4.78 is 39.6. The maximum absolute atomic E-state index is 12.5. The van der Waals surface area contributed by atoms with Gasteiger partial charge in [-0.05, 0) is 36.2 Å². The van der Waals surface area contributed by atoms with E-state index >= 15 is 0 Å². The second-order valence-electron chi connectivity index (χ2n) is 5.05. The maximum atomic E-state index is 12.5. The zero-order valence-corrected chi connectivity index (χ0v) is 11.4. The number of halogens is 3. The Morgan fingerprint density at radius 2 is 1.76 bits per heavy atom. The number of pyridine rings is 1. The summed E-state index contributed by atoms with van der Waals surface area (Å²) >= 11 is 0. The van der Waals surface area contributed by atoms with Crippen molar-refractivity contribution in [3.05, 3.63) is 71.3 Å². The van der Waals surface area contributed by atoms with Gasteiger partial charge in [0, 0.05) is 12.6 Å². The van der Waals surface area contributed by atoms with Crippen molar-refractivity contribution < 1.29 is 13.2 Å². The third-order valence-electron chi connectivity index (χ3n) is 3.40. The van der Waals surface area contributed by atoms with Gasteiger partial charge in [0.25, 0.3) is 0 Å². The van der Waals surface area contributed by atoms with Crippen LogP contribution in [0.25, 0.3) is 5.52 Å². The Morgan fingerprint density at radius 3 is 2.43 bits per heavy atom. The van der Waals surface area contributed by atoms with Gasteiger partial charge in [-0.25, -0.2) is 4.98 Å². The summed E-state index contributed by atoms with van der Waals surface area (Å²) in [6, 6.07) is 9.18. The SMILES string of the molecule is Cc1ccc2cnc(Cc3ccc(C(F)(F)F)cc3)n2c1. The summed E-state index contributed by atoms with van der Waals surface area (Å²) in [6.07, 6.45) is -0.0635. The summed E-state index contributed by atoms with van der Waals surface area (Å²) in [5.41, 5.74) is 2.25.